The highest BCUT2D eigenvalue weighted by Gasteiger charge is 2.37. The number of thiophene rings is 1. The molecule has 0 unspecified atom stereocenters. The predicted molar refractivity (Wildman–Crippen MR) is 253 cm³/mol. The first-order valence-corrected chi connectivity index (χ1v) is 21.2. The fourth-order valence-electron chi connectivity index (χ4n) is 9.62. The Kier molecular flexibility index (Phi) is 8.43. The van der Waals surface area contributed by atoms with Gasteiger partial charge in [-0.3, -0.25) is 0 Å². The Morgan fingerprint density at radius 2 is 0.932 bits per heavy atom. The predicted octanol–water partition coefficient (Wildman–Crippen LogP) is 16.5. The van der Waals surface area contributed by atoms with Crippen LogP contribution in [0.3, 0.4) is 0 Å². The first kappa shape index (κ1) is 35.2. The summed E-state index contributed by atoms with van der Waals surface area (Å²) in [6.45, 7) is 4.76. The van der Waals surface area contributed by atoms with Crippen molar-refractivity contribution in [2.24, 2.45) is 0 Å². The van der Waals surface area contributed by atoms with E-state index >= 15 is 0 Å². The van der Waals surface area contributed by atoms with E-state index < -0.39 is 0 Å². The summed E-state index contributed by atoms with van der Waals surface area (Å²) in [5.74, 6) is 0. The summed E-state index contributed by atoms with van der Waals surface area (Å²) < 4.78 is 2.58. The van der Waals surface area contributed by atoms with E-state index in [0.717, 1.165) is 17.1 Å². The van der Waals surface area contributed by atoms with Crippen molar-refractivity contribution in [1.29, 1.82) is 0 Å². The minimum Gasteiger partial charge on any atom is -0.310 e. The van der Waals surface area contributed by atoms with Gasteiger partial charge in [0.05, 0.1) is 5.69 Å². The fraction of sp³-hybridized carbons (Fsp3) is 0.0526. The lowest BCUT2D eigenvalue weighted by molar-refractivity contribution is 0.662. The van der Waals surface area contributed by atoms with Crippen molar-refractivity contribution in [3.8, 4) is 55.6 Å². The molecular weight excluding hydrogens is 731 g/mol. The number of benzene rings is 9. The molecule has 0 amide bonds. The molecular formula is C57H41NS. The molecule has 9 aromatic carbocycles. The molecule has 0 saturated carbocycles. The van der Waals surface area contributed by atoms with E-state index in [-0.39, 0.29) is 5.41 Å². The van der Waals surface area contributed by atoms with E-state index in [4.69, 9.17) is 0 Å². The Labute approximate surface area is 350 Å². The van der Waals surface area contributed by atoms with Gasteiger partial charge >= 0.3 is 0 Å². The van der Waals surface area contributed by atoms with E-state index in [1.165, 1.54) is 86.9 Å². The van der Waals surface area contributed by atoms with E-state index in [0.29, 0.717) is 0 Å². The van der Waals surface area contributed by atoms with E-state index in [9.17, 15) is 0 Å². The Balaban J connectivity index is 1.19. The fourth-order valence-corrected chi connectivity index (χ4v) is 10.8. The molecule has 2 heteroatoms. The molecule has 59 heavy (non-hydrogen) atoms. The van der Waals surface area contributed by atoms with Gasteiger partial charge in [-0.2, -0.15) is 0 Å². The molecule has 1 aromatic heterocycles. The molecule has 0 atom stereocenters. The Morgan fingerprint density at radius 1 is 0.373 bits per heavy atom. The summed E-state index contributed by atoms with van der Waals surface area (Å²) in [6, 6.07) is 78.2. The van der Waals surface area contributed by atoms with Gasteiger partial charge in [-0.05, 0) is 97.6 Å². The molecule has 0 fully saturated rings. The average molecular weight is 772 g/mol. The van der Waals surface area contributed by atoms with Crippen LogP contribution in [0.5, 0.6) is 0 Å². The van der Waals surface area contributed by atoms with Crippen LogP contribution in [0.1, 0.15) is 25.0 Å². The largest absolute Gasteiger partial charge is 0.310 e. The standard InChI is InChI=1S/C57H41NS/c1-57(2)51-31-13-11-25-46(51)50-30-16-29-45(56(50)57)40-22-15-23-41(36-40)58(42-34-35-48-47-26-12-14-33-53(47)59-54(48)37-42)52-32-17-28-44(39-20-7-4-8-21-39)55(52)49-27-10-9-24-43(49)38-18-5-3-6-19-38/h3-37H,1-2H3. The van der Waals surface area contributed by atoms with Crippen molar-refractivity contribution in [3.05, 3.63) is 223 Å². The number of hydrogen-bond donors (Lipinski definition) is 0. The maximum absolute atomic E-state index is 2.50. The number of nitrogens with zero attached hydrogens (tertiary/aromatic N) is 1. The van der Waals surface area contributed by atoms with Gasteiger partial charge in [0.1, 0.15) is 0 Å². The first-order valence-electron chi connectivity index (χ1n) is 20.4. The highest BCUT2D eigenvalue weighted by molar-refractivity contribution is 7.25. The third kappa shape index (κ3) is 5.82. The molecule has 0 N–H and O–H groups in total. The van der Waals surface area contributed by atoms with Crippen molar-refractivity contribution in [2.45, 2.75) is 19.3 Å². The van der Waals surface area contributed by atoms with E-state index in [2.05, 4.69) is 231 Å². The Morgan fingerprint density at radius 3 is 1.75 bits per heavy atom. The highest BCUT2D eigenvalue weighted by atomic mass is 32.1. The minimum atomic E-state index is -0.136. The van der Waals surface area contributed by atoms with Crippen molar-refractivity contribution >= 4 is 48.6 Å². The normalized spacial score (nSPS) is 12.7. The third-order valence-corrected chi connectivity index (χ3v) is 13.4. The summed E-state index contributed by atoms with van der Waals surface area (Å²) in [6.07, 6.45) is 0. The van der Waals surface area contributed by atoms with Crippen LogP contribution < -0.4 is 4.90 Å². The summed E-state index contributed by atoms with van der Waals surface area (Å²) in [4.78, 5) is 2.50. The molecule has 0 spiro atoms. The number of hydrogen-bond acceptors (Lipinski definition) is 2. The molecule has 0 radical (unpaired) electrons. The Bertz CT molecular complexity index is 3190. The van der Waals surface area contributed by atoms with Crippen LogP contribution in [-0.4, -0.2) is 0 Å². The monoisotopic (exact) mass is 771 g/mol. The number of rotatable bonds is 7. The third-order valence-electron chi connectivity index (χ3n) is 12.3. The van der Waals surface area contributed by atoms with Crippen LogP contribution in [-0.2, 0) is 5.41 Å². The average Bonchev–Trinajstić information content (AvgIpc) is 3.78. The lowest BCUT2D eigenvalue weighted by Crippen LogP contribution is -2.16. The van der Waals surface area contributed by atoms with Crippen LogP contribution in [0.25, 0.3) is 75.8 Å². The Hall–Kier alpha value is -7.00. The van der Waals surface area contributed by atoms with Crippen molar-refractivity contribution in [2.75, 3.05) is 4.90 Å². The maximum Gasteiger partial charge on any atom is 0.0546 e. The zero-order chi connectivity index (χ0) is 39.5. The molecule has 0 aliphatic heterocycles. The van der Waals surface area contributed by atoms with Crippen LogP contribution >= 0.6 is 11.3 Å². The van der Waals surface area contributed by atoms with Crippen LogP contribution in [0.4, 0.5) is 17.1 Å². The van der Waals surface area contributed by atoms with Gasteiger partial charge in [-0.25, -0.2) is 0 Å². The summed E-state index contributed by atoms with van der Waals surface area (Å²) in [7, 11) is 0. The molecule has 0 bridgehead atoms. The van der Waals surface area contributed by atoms with Crippen LogP contribution in [0.2, 0.25) is 0 Å². The van der Waals surface area contributed by atoms with Gasteiger partial charge in [0, 0.05) is 42.5 Å². The highest BCUT2D eigenvalue weighted by Crippen LogP contribution is 2.53. The van der Waals surface area contributed by atoms with Crippen molar-refractivity contribution < 1.29 is 0 Å². The SMILES string of the molecule is CC1(C)c2ccccc2-c2cccc(-c3cccc(N(c4ccc5c(c4)sc4ccccc45)c4cccc(-c5ccccc5)c4-c4ccccc4-c4ccccc4)c3)c21. The lowest BCUT2D eigenvalue weighted by Gasteiger charge is -2.30. The van der Waals surface area contributed by atoms with Gasteiger partial charge in [0.25, 0.3) is 0 Å². The zero-order valence-corrected chi connectivity index (χ0v) is 33.9. The van der Waals surface area contributed by atoms with Crippen molar-refractivity contribution in [1.82, 2.24) is 0 Å². The molecule has 1 aliphatic carbocycles. The quantitative estimate of drug-likeness (QED) is 0.156. The number of fused-ring (bicyclic) bond motifs is 6. The van der Waals surface area contributed by atoms with Gasteiger partial charge in [0.15, 0.2) is 0 Å². The number of anilines is 3. The molecule has 1 nitrogen and oxygen atoms in total. The summed E-state index contributed by atoms with van der Waals surface area (Å²) >= 11 is 1.86. The molecule has 1 aliphatic rings. The van der Waals surface area contributed by atoms with Gasteiger partial charge < -0.3 is 4.90 Å². The van der Waals surface area contributed by atoms with E-state index in [1.807, 2.05) is 11.3 Å². The molecule has 0 saturated heterocycles. The van der Waals surface area contributed by atoms with E-state index in [1.54, 1.807) is 0 Å². The maximum atomic E-state index is 2.50. The minimum absolute atomic E-state index is 0.136. The summed E-state index contributed by atoms with van der Waals surface area (Å²) in [5.41, 5.74) is 18.3. The second-order valence-corrected chi connectivity index (χ2v) is 17.1. The second kappa shape index (κ2) is 14.1. The smallest absolute Gasteiger partial charge is 0.0546 e. The lowest BCUT2D eigenvalue weighted by atomic mass is 9.79. The molecule has 280 valence electrons. The van der Waals surface area contributed by atoms with Gasteiger partial charge in [0.2, 0.25) is 0 Å². The van der Waals surface area contributed by atoms with Gasteiger partial charge in [-0.15, -0.1) is 11.3 Å². The van der Waals surface area contributed by atoms with Gasteiger partial charge in [-0.1, -0.05) is 190 Å². The molecule has 11 rings (SSSR count). The zero-order valence-electron chi connectivity index (χ0n) is 33.1. The second-order valence-electron chi connectivity index (χ2n) is 16.0. The summed E-state index contributed by atoms with van der Waals surface area (Å²) in [5, 5.41) is 2.59. The van der Waals surface area contributed by atoms with Crippen LogP contribution in [0, 0.1) is 0 Å². The van der Waals surface area contributed by atoms with Crippen LogP contribution in [0.15, 0.2) is 212 Å². The topological polar surface area (TPSA) is 3.24 Å². The first-order chi connectivity index (χ1) is 29.0. The molecule has 10 aromatic rings. The van der Waals surface area contributed by atoms with Crippen molar-refractivity contribution in [3.63, 3.8) is 0 Å². The molecule has 1 heterocycles.